The van der Waals surface area contributed by atoms with Crippen LogP contribution in [0, 0.1) is 10.1 Å². The van der Waals surface area contributed by atoms with Crippen LogP contribution in [0.3, 0.4) is 0 Å². The maximum Gasteiger partial charge on any atom is 0.269 e. The van der Waals surface area contributed by atoms with E-state index in [2.05, 4.69) is 15.5 Å². The summed E-state index contributed by atoms with van der Waals surface area (Å²) in [5, 5.41) is 22.7. The van der Waals surface area contributed by atoms with Gasteiger partial charge in [-0.05, 0) is 36.4 Å². The van der Waals surface area contributed by atoms with Crippen LogP contribution in [0.15, 0.2) is 84.0 Å². The summed E-state index contributed by atoms with van der Waals surface area (Å²) in [6.45, 7) is 0. The molecule has 4 aromatic rings. The van der Waals surface area contributed by atoms with Crippen LogP contribution in [0.1, 0.15) is 0 Å². The second kappa shape index (κ2) is 9.96. The van der Waals surface area contributed by atoms with Gasteiger partial charge in [0.05, 0.1) is 17.8 Å². The van der Waals surface area contributed by atoms with Gasteiger partial charge in [-0.2, -0.15) is 0 Å². The van der Waals surface area contributed by atoms with E-state index in [1.165, 1.54) is 36.0 Å². The number of nitrogens with one attached hydrogen (secondary N) is 1. The topological polar surface area (TPSA) is 112 Å². The molecular weight excluding hydrogens is 442 g/mol. The van der Waals surface area contributed by atoms with E-state index in [1.807, 2.05) is 59.2 Å². The minimum absolute atomic E-state index is 0.0385. The second-order valence-corrected chi connectivity index (χ2v) is 7.79. The average Bonchev–Trinajstić information content (AvgIpc) is 3.28. The van der Waals surface area contributed by atoms with Gasteiger partial charge in [0, 0.05) is 29.1 Å². The van der Waals surface area contributed by atoms with E-state index in [0.717, 1.165) is 11.3 Å². The van der Waals surface area contributed by atoms with Crippen molar-refractivity contribution in [3.8, 4) is 22.8 Å². The molecule has 33 heavy (non-hydrogen) atoms. The van der Waals surface area contributed by atoms with Crippen molar-refractivity contribution < 1.29 is 14.5 Å². The summed E-state index contributed by atoms with van der Waals surface area (Å²) < 4.78 is 7.22. The van der Waals surface area contributed by atoms with E-state index >= 15 is 0 Å². The third-order valence-electron chi connectivity index (χ3n) is 4.67. The number of methoxy groups -OCH3 is 1. The van der Waals surface area contributed by atoms with Crippen LogP contribution < -0.4 is 10.1 Å². The van der Waals surface area contributed by atoms with Crippen LogP contribution in [0.25, 0.3) is 17.1 Å². The maximum atomic E-state index is 12.5. The molecule has 3 aromatic carbocycles. The minimum atomic E-state index is -0.488. The number of non-ortho nitro benzene ring substituents is 1. The SMILES string of the molecule is COc1cccc(-c2nnc(SCC(=O)Nc3ccc([N+](=O)[O-])cc3)n2-c2ccccc2)c1. The number of nitro benzene ring substituents is 1. The van der Waals surface area contributed by atoms with Crippen LogP contribution in [0.2, 0.25) is 0 Å². The summed E-state index contributed by atoms with van der Waals surface area (Å²) in [5.41, 5.74) is 2.13. The lowest BCUT2D eigenvalue weighted by atomic mass is 10.2. The van der Waals surface area contributed by atoms with Crippen LogP contribution in [0.4, 0.5) is 11.4 Å². The first-order chi connectivity index (χ1) is 16.0. The number of amides is 1. The molecule has 0 bridgehead atoms. The molecule has 166 valence electrons. The zero-order valence-corrected chi connectivity index (χ0v) is 18.4. The van der Waals surface area contributed by atoms with Gasteiger partial charge >= 0.3 is 0 Å². The van der Waals surface area contributed by atoms with Gasteiger partial charge in [-0.3, -0.25) is 19.5 Å². The molecule has 0 aliphatic heterocycles. The molecule has 1 aromatic heterocycles. The van der Waals surface area contributed by atoms with Crippen molar-refractivity contribution in [3.63, 3.8) is 0 Å². The smallest absolute Gasteiger partial charge is 0.269 e. The summed E-state index contributed by atoms with van der Waals surface area (Å²) >= 11 is 1.24. The van der Waals surface area contributed by atoms with E-state index in [-0.39, 0.29) is 17.3 Å². The molecule has 1 amide bonds. The highest BCUT2D eigenvalue weighted by molar-refractivity contribution is 7.99. The predicted molar refractivity (Wildman–Crippen MR) is 126 cm³/mol. The number of hydrogen-bond acceptors (Lipinski definition) is 7. The quantitative estimate of drug-likeness (QED) is 0.232. The Hall–Kier alpha value is -4.18. The molecule has 0 fully saturated rings. The molecule has 0 aliphatic carbocycles. The largest absolute Gasteiger partial charge is 0.497 e. The fourth-order valence-electron chi connectivity index (χ4n) is 3.12. The molecule has 0 aliphatic rings. The molecule has 0 unspecified atom stereocenters. The van der Waals surface area contributed by atoms with Crippen molar-refractivity contribution >= 4 is 29.0 Å². The van der Waals surface area contributed by atoms with E-state index in [1.54, 1.807) is 7.11 Å². The Kier molecular flexibility index (Phi) is 6.65. The lowest BCUT2D eigenvalue weighted by Crippen LogP contribution is -2.14. The van der Waals surface area contributed by atoms with Crippen molar-refractivity contribution in [1.82, 2.24) is 14.8 Å². The number of carbonyl (C=O) groups is 1. The maximum absolute atomic E-state index is 12.5. The van der Waals surface area contributed by atoms with Crippen LogP contribution in [-0.4, -0.2) is 38.5 Å². The fraction of sp³-hybridized carbons (Fsp3) is 0.0870. The van der Waals surface area contributed by atoms with Gasteiger partial charge < -0.3 is 10.1 Å². The van der Waals surface area contributed by atoms with Crippen molar-refractivity contribution in [2.75, 3.05) is 18.2 Å². The van der Waals surface area contributed by atoms with E-state index in [4.69, 9.17) is 4.74 Å². The van der Waals surface area contributed by atoms with Gasteiger partial charge in [-0.25, -0.2) is 0 Å². The first-order valence-electron chi connectivity index (χ1n) is 9.87. The second-order valence-electron chi connectivity index (χ2n) is 6.85. The normalized spacial score (nSPS) is 10.6. The number of hydrogen-bond donors (Lipinski definition) is 1. The highest BCUT2D eigenvalue weighted by Gasteiger charge is 2.18. The van der Waals surface area contributed by atoms with Gasteiger partial charge in [0.1, 0.15) is 5.75 Å². The van der Waals surface area contributed by atoms with Crippen molar-refractivity contribution in [2.45, 2.75) is 5.16 Å². The predicted octanol–water partition coefficient (Wildman–Crippen LogP) is 4.58. The average molecular weight is 462 g/mol. The Balaban J connectivity index is 1.55. The lowest BCUT2D eigenvalue weighted by molar-refractivity contribution is -0.384. The Labute approximate surface area is 193 Å². The molecular formula is C23H19N5O4S. The van der Waals surface area contributed by atoms with Crippen LogP contribution in [-0.2, 0) is 4.79 Å². The molecule has 0 atom stereocenters. The number of ether oxygens (including phenoxy) is 1. The van der Waals surface area contributed by atoms with Crippen LogP contribution >= 0.6 is 11.8 Å². The van der Waals surface area contributed by atoms with E-state index < -0.39 is 4.92 Å². The van der Waals surface area contributed by atoms with Crippen molar-refractivity contribution in [1.29, 1.82) is 0 Å². The number of aromatic nitrogens is 3. The Morgan fingerprint density at radius 1 is 1.06 bits per heavy atom. The van der Waals surface area contributed by atoms with E-state index in [9.17, 15) is 14.9 Å². The standard InChI is InChI=1S/C23H19N5O4S/c1-32-20-9-5-6-16(14-20)22-25-26-23(27(22)18-7-3-2-4-8-18)33-15-21(29)24-17-10-12-19(13-11-17)28(30)31/h2-14H,15H2,1H3,(H,24,29). The molecule has 1 N–H and O–H groups in total. The molecule has 9 nitrogen and oxygen atoms in total. The Morgan fingerprint density at radius 2 is 1.82 bits per heavy atom. The summed E-state index contributed by atoms with van der Waals surface area (Å²) in [5.74, 6) is 1.14. The number of nitrogens with zero attached hydrogens (tertiary/aromatic N) is 4. The molecule has 10 heteroatoms. The van der Waals surface area contributed by atoms with Gasteiger partial charge in [-0.15, -0.1) is 10.2 Å². The summed E-state index contributed by atoms with van der Waals surface area (Å²) in [6, 6.07) is 22.8. The van der Waals surface area contributed by atoms with Crippen molar-refractivity contribution in [2.24, 2.45) is 0 Å². The van der Waals surface area contributed by atoms with Gasteiger partial charge in [0.2, 0.25) is 5.91 Å². The summed E-state index contributed by atoms with van der Waals surface area (Å²) in [7, 11) is 1.60. The molecule has 0 radical (unpaired) electrons. The third kappa shape index (κ3) is 5.18. The Bertz CT molecular complexity index is 1280. The number of nitro groups is 1. The number of para-hydroxylation sites is 1. The number of thioether (sulfide) groups is 1. The summed E-state index contributed by atoms with van der Waals surface area (Å²) in [6.07, 6.45) is 0. The number of carbonyl (C=O) groups excluding carboxylic acids is 1. The monoisotopic (exact) mass is 461 g/mol. The molecule has 0 saturated heterocycles. The molecule has 0 saturated carbocycles. The number of anilines is 1. The van der Waals surface area contributed by atoms with Gasteiger partial charge in [0.15, 0.2) is 11.0 Å². The summed E-state index contributed by atoms with van der Waals surface area (Å²) in [4.78, 5) is 22.8. The Morgan fingerprint density at radius 3 is 2.52 bits per heavy atom. The van der Waals surface area contributed by atoms with Gasteiger partial charge in [0.25, 0.3) is 5.69 Å². The van der Waals surface area contributed by atoms with E-state index in [0.29, 0.717) is 22.4 Å². The molecule has 1 heterocycles. The minimum Gasteiger partial charge on any atom is -0.497 e. The highest BCUT2D eigenvalue weighted by atomic mass is 32.2. The lowest BCUT2D eigenvalue weighted by Gasteiger charge is -2.11. The molecule has 0 spiro atoms. The van der Waals surface area contributed by atoms with Crippen molar-refractivity contribution in [3.05, 3.63) is 89.0 Å². The van der Waals surface area contributed by atoms with Crippen LogP contribution in [0.5, 0.6) is 5.75 Å². The first kappa shape index (κ1) is 22.0. The fourth-order valence-corrected chi connectivity index (χ4v) is 3.87. The zero-order valence-electron chi connectivity index (χ0n) is 17.5. The molecule has 4 rings (SSSR count). The third-order valence-corrected chi connectivity index (χ3v) is 5.60. The number of benzene rings is 3. The zero-order chi connectivity index (χ0) is 23.2. The van der Waals surface area contributed by atoms with Gasteiger partial charge in [-0.1, -0.05) is 42.1 Å². The highest BCUT2D eigenvalue weighted by Crippen LogP contribution is 2.29. The first-order valence-corrected chi connectivity index (χ1v) is 10.9. The number of rotatable bonds is 8.